The largest absolute Gasteiger partial charge is 0.404 e. The van der Waals surface area contributed by atoms with E-state index in [1.807, 2.05) is 11.9 Å². The van der Waals surface area contributed by atoms with Gasteiger partial charge in [0, 0.05) is 49.9 Å². The van der Waals surface area contributed by atoms with E-state index >= 15 is 0 Å². The zero-order chi connectivity index (χ0) is 14.0. The van der Waals surface area contributed by atoms with Crippen molar-refractivity contribution in [2.75, 3.05) is 25.5 Å². The number of likely N-dealkylation sites (N-methyl/N-ethyl adjacent to an activating group) is 1. The van der Waals surface area contributed by atoms with Crippen molar-refractivity contribution in [1.29, 1.82) is 0 Å². The molecule has 0 bridgehead atoms. The zero-order valence-electron chi connectivity index (χ0n) is 11.0. The summed E-state index contributed by atoms with van der Waals surface area (Å²) in [6.07, 6.45) is 1.16. The van der Waals surface area contributed by atoms with Gasteiger partial charge in [0.1, 0.15) is 0 Å². The molecule has 1 aliphatic heterocycles. The molecule has 1 aromatic carbocycles. The molecule has 0 radical (unpaired) electrons. The number of halogens is 2. The highest BCUT2D eigenvalue weighted by Crippen LogP contribution is 2.36. The number of hydrogen-bond acceptors (Lipinski definition) is 3. The first-order chi connectivity index (χ1) is 9.08. The van der Waals surface area contributed by atoms with E-state index in [2.05, 4.69) is 4.99 Å². The minimum absolute atomic E-state index is 0.00380. The van der Waals surface area contributed by atoms with Crippen molar-refractivity contribution < 1.29 is 8.78 Å². The van der Waals surface area contributed by atoms with Gasteiger partial charge in [-0.1, -0.05) is 0 Å². The molecule has 2 N–H and O–H groups in total. The molecular weight excluding hydrogens is 248 g/mol. The predicted molar refractivity (Wildman–Crippen MR) is 75.0 cm³/mol. The molecule has 0 spiro atoms. The number of anilines is 1. The second kappa shape index (κ2) is 5.38. The maximum absolute atomic E-state index is 13.2. The third kappa shape index (κ3) is 2.45. The summed E-state index contributed by atoms with van der Waals surface area (Å²) in [7, 11) is 3.50. The van der Waals surface area contributed by atoms with Gasteiger partial charge in [0.25, 0.3) is 6.43 Å². The fourth-order valence-corrected chi connectivity index (χ4v) is 2.39. The average Bonchev–Trinajstić information content (AvgIpc) is 2.75. The topological polar surface area (TPSA) is 41.6 Å². The number of hydrogen-bond donors (Lipinski definition) is 1. The van der Waals surface area contributed by atoms with Crippen LogP contribution in [0.2, 0.25) is 0 Å². The highest BCUT2D eigenvalue weighted by atomic mass is 19.3. The van der Waals surface area contributed by atoms with Crippen LogP contribution in [0.15, 0.2) is 23.3 Å². The molecule has 1 aliphatic rings. The number of nitrogens with zero attached hydrogens (tertiary/aromatic N) is 2. The number of fused-ring (bicyclic) bond motifs is 1. The molecule has 0 unspecified atom stereocenters. The van der Waals surface area contributed by atoms with Gasteiger partial charge in [-0.2, -0.15) is 0 Å². The van der Waals surface area contributed by atoms with Crippen molar-refractivity contribution in [3.63, 3.8) is 0 Å². The lowest BCUT2D eigenvalue weighted by molar-refractivity contribution is 0.151. The number of allylic oxidation sites excluding steroid dienone is 1. The van der Waals surface area contributed by atoms with E-state index in [9.17, 15) is 8.78 Å². The van der Waals surface area contributed by atoms with Gasteiger partial charge < -0.3 is 10.6 Å². The Morgan fingerprint density at radius 3 is 2.79 bits per heavy atom. The van der Waals surface area contributed by atoms with Crippen LogP contribution in [0.3, 0.4) is 0 Å². The second-order valence-corrected chi connectivity index (χ2v) is 4.55. The zero-order valence-corrected chi connectivity index (χ0v) is 11.0. The van der Waals surface area contributed by atoms with Gasteiger partial charge in [-0.3, -0.25) is 4.99 Å². The monoisotopic (exact) mass is 265 g/mol. The Kier molecular flexibility index (Phi) is 3.83. The minimum Gasteiger partial charge on any atom is -0.404 e. The van der Waals surface area contributed by atoms with Crippen LogP contribution in [-0.4, -0.2) is 26.9 Å². The first-order valence-electron chi connectivity index (χ1n) is 6.09. The summed E-state index contributed by atoms with van der Waals surface area (Å²) >= 11 is 0. The van der Waals surface area contributed by atoms with E-state index < -0.39 is 6.43 Å². The molecule has 102 valence electrons. The van der Waals surface area contributed by atoms with Gasteiger partial charge in [0.05, 0.1) is 0 Å². The number of nitrogens with two attached hydrogens (primary N) is 1. The van der Waals surface area contributed by atoms with Crippen molar-refractivity contribution in [2.45, 2.75) is 12.8 Å². The highest BCUT2D eigenvalue weighted by molar-refractivity contribution is 6.10. The van der Waals surface area contributed by atoms with Crippen LogP contribution in [0.4, 0.5) is 14.5 Å². The molecule has 0 aromatic heterocycles. The molecule has 0 aliphatic carbocycles. The van der Waals surface area contributed by atoms with Gasteiger partial charge in [-0.05, 0) is 29.7 Å². The Morgan fingerprint density at radius 1 is 1.47 bits per heavy atom. The standard InChI is InChI=1S/C14H17F2N3/c1-18-8-10(7-17)11-5-9-3-4-19(2)13(9)6-12(11)14(15)16/h5-8,14H,3-4,17H2,1-2H3. The summed E-state index contributed by atoms with van der Waals surface area (Å²) in [6.45, 7) is 0.852. The lowest BCUT2D eigenvalue weighted by Crippen LogP contribution is -2.12. The molecule has 1 heterocycles. The number of benzene rings is 1. The molecule has 3 nitrogen and oxygen atoms in total. The van der Waals surface area contributed by atoms with Crippen molar-refractivity contribution in [3.05, 3.63) is 35.0 Å². The summed E-state index contributed by atoms with van der Waals surface area (Å²) < 4.78 is 26.5. The Hall–Kier alpha value is -1.91. The smallest absolute Gasteiger partial charge is 0.264 e. The molecule has 0 atom stereocenters. The lowest BCUT2D eigenvalue weighted by Gasteiger charge is -2.16. The number of alkyl halides is 2. The third-order valence-corrected chi connectivity index (χ3v) is 3.37. The first-order valence-corrected chi connectivity index (χ1v) is 6.09. The second-order valence-electron chi connectivity index (χ2n) is 4.55. The Labute approximate surface area is 111 Å². The lowest BCUT2D eigenvalue weighted by atomic mass is 9.97. The Bertz CT molecular complexity index is 536. The van der Waals surface area contributed by atoms with Crippen LogP contribution in [0, 0.1) is 0 Å². The highest BCUT2D eigenvalue weighted by Gasteiger charge is 2.23. The fourth-order valence-electron chi connectivity index (χ4n) is 2.39. The SMILES string of the molecule is CN=CC(=CN)c1cc2c(cc1C(F)F)N(C)CC2. The quantitative estimate of drug-likeness (QED) is 0.854. The van der Waals surface area contributed by atoms with Crippen LogP contribution in [0.1, 0.15) is 23.1 Å². The maximum atomic E-state index is 13.2. The molecule has 5 heteroatoms. The average molecular weight is 265 g/mol. The fraction of sp³-hybridized carbons (Fsp3) is 0.357. The molecule has 0 saturated carbocycles. The summed E-state index contributed by atoms with van der Waals surface area (Å²) in [4.78, 5) is 5.85. The van der Waals surface area contributed by atoms with Crippen molar-refractivity contribution in [1.82, 2.24) is 0 Å². The third-order valence-electron chi connectivity index (χ3n) is 3.37. The van der Waals surface area contributed by atoms with Crippen molar-refractivity contribution in [2.24, 2.45) is 10.7 Å². The van der Waals surface area contributed by atoms with Crippen LogP contribution in [0.5, 0.6) is 0 Å². The Morgan fingerprint density at radius 2 is 2.21 bits per heavy atom. The molecular formula is C14H17F2N3. The molecule has 0 fully saturated rings. The predicted octanol–water partition coefficient (Wildman–Crippen LogP) is 2.62. The minimum atomic E-state index is -2.53. The van der Waals surface area contributed by atoms with E-state index in [0.717, 1.165) is 24.2 Å². The maximum Gasteiger partial charge on any atom is 0.264 e. The molecule has 19 heavy (non-hydrogen) atoms. The van der Waals surface area contributed by atoms with Crippen LogP contribution in [-0.2, 0) is 6.42 Å². The van der Waals surface area contributed by atoms with E-state index in [1.165, 1.54) is 12.4 Å². The molecule has 0 amide bonds. The number of rotatable bonds is 3. The van der Waals surface area contributed by atoms with E-state index in [1.54, 1.807) is 19.2 Å². The normalized spacial score (nSPS) is 15.6. The summed E-state index contributed by atoms with van der Waals surface area (Å²) in [5, 5.41) is 0. The number of aliphatic imine (C=N–C) groups is 1. The van der Waals surface area contributed by atoms with Crippen LogP contribution >= 0.6 is 0 Å². The van der Waals surface area contributed by atoms with Crippen LogP contribution < -0.4 is 10.6 Å². The Balaban J connectivity index is 2.60. The van der Waals surface area contributed by atoms with Crippen molar-refractivity contribution in [3.8, 4) is 0 Å². The first kappa shape index (κ1) is 13.5. The van der Waals surface area contributed by atoms with Crippen molar-refractivity contribution >= 4 is 17.5 Å². The van der Waals surface area contributed by atoms with E-state index in [-0.39, 0.29) is 5.56 Å². The van der Waals surface area contributed by atoms with Gasteiger partial charge >= 0.3 is 0 Å². The molecule has 2 rings (SSSR count). The molecule has 0 saturated heterocycles. The van der Waals surface area contributed by atoms with E-state index in [0.29, 0.717) is 11.1 Å². The summed E-state index contributed by atoms with van der Waals surface area (Å²) in [6, 6.07) is 3.37. The summed E-state index contributed by atoms with van der Waals surface area (Å²) in [5.74, 6) is 0. The van der Waals surface area contributed by atoms with Gasteiger partial charge in [0.2, 0.25) is 0 Å². The summed E-state index contributed by atoms with van der Waals surface area (Å²) in [5.41, 5.74) is 8.47. The molecule has 1 aromatic rings. The van der Waals surface area contributed by atoms with Gasteiger partial charge in [-0.15, -0.1) is 0 Å². The van der Waals surface area contributed by atoms with Gasteiger partial charge in [-0.25, -0.2) is 8.78 Å². The van der Waals surface area contributed by atoms with Crippen LogP contribution in [0.25, 0.3) is 5.57 Å². The van der Waals surface area contributed by atoms with E-state index in [4.69, 9.17) is 5.73 Å². The van der Waals surface area contributed by atoms with Gasteiger partial charge in [0.15, 0.2) is 0 Å².